The van der Waals surface area contributed by atoms with Gasteiger partial charge in [-0.3, -0.25) is 4.79 Å². The van der Waals surface area contributed by atoms with Gasteiger partial charge in [0.15, 0.2) is 11.5 Å². The number of ether oxygens (including phenoxy) is 2. The van der Waals surface area contributed by atoms with Crippen LogP contribution in [0.4, 0.5) is 17.2 Å². The quantitative estimate of drug-likeness (QED) is 0.753. The molecule has 0 unspecified atom stereocenters. The molecule has 1 amide bonds. The van der Waals surface area contributed by atoms with Crippen LogP contribution in [0.25, 0.3) is 0 Å². The van der Waals surface area contributed by atoms with Crippen LogP contribution in [-0.4, -0.2) is 29.1 Å². The lowest BCUT2D eigenvalue weighted by molar-refractivity contribution is 0.102. The topological polar surface area (TPSA) is 85.4 Å². The molecular weight excluding hydrogens is 332 g/mol. The lowest BCUT2D eigenvalue weighted by atomic mass is 10.2. The van der Waals surface area contributed by atoms with E-state index in [1.165, 1.54) is 12.4 Å². The molecule has 0 saturated carbocycles. The SMILES string of the molecule is O=C(Nc1ccc2c(c1)OCCO2)c1cnc(Nc2ccccc2)cn1. The minimum absolute atomic E-state index is 0.221. The summed E-state index contributed by atoms with van der Waals surface area (Å²) in [6.45, 7) is 1.02. The van der Waals surface area contributed by atoms with Gasteiger partial charge in [0, 0.05) is 17.4 Å². The van der Waals surface area contributed by atoms with Gasteiger partial charge in [0.1, 0.15) is 24.7 Å². The molecule has 7 nitrogen and oxygen atoms in total. The Bertz CT molecular complexity index is 914. The van der Waals surface area contributed by atoms with Crippen molar-refractivity contribution in [3.63, 3.8) is 0 Å². The van der Waals surface area contributed by atoms with Crippen molar-refractivity contribution in [2.75, 3.05) is 23.8 Å². The fourth-order valence-corrected chi connectivity index (χ4v) is 2.50. The molecule has 0 atom stereocenters. The maximum atomic E-state index is 12.3. The summed E-state index contributed by atoms with van der Waals surface area (Å²) in [6, 6.07) is 14.9. The number of carbonyl (C=O) groups is 1. The van der Waals surface area contributed by atoms with E-state index in [4.69, 9.17) is 9.47 Å². The highest BCUT2D eigenvalue weighted by molar-refractivity contribution is 6.02. The van der Waals surface area contributed by atoms with Gasteiger partial charge in [-0.25, -0.2) is 9.97 Å². The van der Waals surface area contributed by atoms with E-state index in [1.54, 1.807) is 18.2 Å². The van der Waals surface area contributed by atoms with Crippen molar-refractivity contribution in [2.24, 2.45) is 0 Å². The maximum Gasteiger partial charge on any atom is 0.275 e. The normalized spacial score (nSPS) is 12.3. The molecule has 1 aromatic heterocycles. The Hall–Kier alpha value is -3.61. The highest BCUT2D eigenvalue weighted by atomic mass is 16.6. The van der Waals surface area contributed by atoms with Gasteiger partial charge >= 0.3 is 0 Å². The van der Waals surface area contributed by atoms with E-state index in [2.05, 4.69) is 20.6 Å². The Morgan fingerprint density at radius 2 is 1.69 bits per heavy atom. The predicted molar refractivity (Wildman–Crippen MR) is 97.1 cm³/mol. The zero-order chi connectivity index (χ0) is 17.8. The van der Waals surface area contributed by atoms with Crippen molar-refractivity contribution in [3.05, 3.63) is 66.6 Å². The lowest BCUT2D eigenvalue weighted by Crippen LogP contribution is -2.17. The summed E-state index contributed by atoms with van der Waals surface area (Å²) < 4.78 is 11.0. The molecule has 0 aliphatic carbocycles. The van der Waals surface area contributed by atoms with Gasteiger partial charge < -0.3 is 20.1 Å². The first-order valence-corrected chi connectivity index (χ1v) is 8.13. The van der Waals surface area contributed by atoms with E-state index in [9.17, 15) is 4.79 Å². The van der Waals surface area contributed by atoms with Gasteiger partial charge in [-0.05, 0) is 24.3 Å². The first-order valence-electron chi connectivity index (χ1n) is 8.13. The molecule has 0 radical (unpaired) electrons. The lowest BCUT2D eigenvalue weighted by Gasteiger charge is -2.18. The van der Waals surface area contributed by atoms with Crippen molar-refractivity contribution in [3.8, 4) is 11.5 Å². The fraction of sp³-hybridized carbons (Fsp3) is 0.105. The van der Waals surface area contributed by atoms with Crippen LogP contribution in [0.5, 0.6) is 11.5 Å². The molecule has 0 fully saturated rings. The van der Waals surface area contributed by atoms with Gasteiger partial charge in [0.05, 0.1) is 12.4 Å². The molecule has 1 aliphatic heterocycles. The molecule has 2 heterocycles. The average Bonchev–Trinajstić information content (AvgIpc) is 2.69. The number of anilines is 3. The van der Waals surface area contributed by atoms with Crippen molar-refractivity contribution >= 4 is 23.1 Å². The van der Waals surface area contributed by atoms with E-state index in [0.717, 1.165) is 5.69 Å². The third-order valence-corrected chi connectivity index (χ3v) is 3.73. The van der Waals surface area contributed by atoms with E-state index in [0.29, 0.717) is 36.2 Å². The summed E-state index contributed by atoms with van der Waals surface area (Å²) in [5, 5.41) is 5.90. The van der Waals surface area contributed by atoms with Crippen LogP contribution in [0.1, 0.15) is 10.5 Å². The van der Waals surface area contributed by atoms with E-state index < -0.39 is 0 Å². The highest BCUT2D eigenvalue weighted by Crippen LogP contribution is 2.32. The van der Waals surface area contributed by atoms with Crippen LogP contribution in [0.2, 0.25) is 0 Å². The molecule has 1 aliphatic rings. The standard InChI is InChI=1S/C19H16N4O3/c24-19(23-14-6-7-16-17(10-14)26-9-8-25-16)15-11-21-18(12-20-15)22-13-4-2-1-3-5-13/h1-7,10-12H,8-9H2,(H,21,22)(H,23,24). The van der Waals surface area contributed by atoms with Crippen molar-refractivity contribution in [1.29, 1.82) is 0 Å². The third kappa shape index (κ3) is 3.56. The number of amides is 1. The number of para-hydroxylation sites is 1. The summed E-state index contributed by atoms with van der Waals surface area (Å²) in [7, 11) is 0. The number of fused-ring (bicyclic) bond motifs is 1. The van der Waals surface area contributed by atoms with E-state index in [1.807, 2.05) is 30.3 Å². The van der Waals surface area contributed by atoms with Gasteiger partial charge in [0.2, 0.25) is 0 Å². The van der Waals surface area contributed by atoms with Crippen molar-refractivity contribution in [1.82, 2.24) is 9.97 Å². The summed E-state index contributed by atoms with van der Waals surface area (Å²) in [5.74, 6) is 1.50. The Morgan fingerprint density at radius 3 is 2.46 bits per heavy atom. The van der Waals surface area contributed by atoms with Crippen molar-refractivity contribution < 1.29 is 14.3 Å². The Kier molecular flexibility index (Phi) is 4.34. The van der Waals surface area contributed by atoms with Crippen LogP contribution in [0.15, 0.2) is 60.9 Å². The van der Waals surface area contributed by atoms with E-state index in [-0.39, 0.29) is 11.6 Å². The van der Waals surface area contributed by atoms with Crippen LogP contribution in [0, 0.1) is 0 Å². The summed E-state index contributed by atoms with van der Waals surface area (Å²) in [4.78, 5) is 20.7. The highest BCUT2D eigenvalue weighted by Gasteiger charge is 2.14. The molecule has 0 saturated heterocycles. The van der Waals surface area contributed by atoms with Gasteiger partial charge in [-0.2, -0.15) is 0 Å². The molecule has 0 spiro atoms. The predicted octanol–water partition coefficient (Wildman–Crippen LogP) is 3.24. The molecule has 7 heteroatoms. The molecule has 0 bridgehead atoms. The maximum absolute atomic E-state index is 12.3. The molecule has 26 heavy (non-hydrogen) atoms. The molecule has 4 rings (SSSR count). The second-order valence-corrected chi connectivity index (χ2v) is 5.59. The first-order chi connectivity index (χ1) is 12.8. The number of nitrogens with zero attached hydrogens (tertiary/aromatic N) is 2. The second kappa shape index (κ2) is 7.10. The molecular formula is C19H16N4O3. The molecule has 2 aromatic carbocycles. The number of rotatable bonds is 4. The zero-order valence-corrected chi connectivity index (χ0v) is 13.8. The number of benzene rings is 2. The third-order valence-electron chi connectivity index (χ3n) is 3.73. The zero-order valence-electron chi connectivity index (χ0n) is 13.8. The Morgan fingerprint density at radius 1 is 0.885 bits per heavy atom. The fourth-order valence-electron chi connectivity index (χ4n) is 2.50. The number of hydrogen-bond acceptors (Lipinski definition) is 6. The number of hydrogen-bond donors (Lipinski definition) is 2. The largest absolute Gasteiger partial charge is 0.486 e. The molecule has 130 valence electrons. The van der Waals surface area contributed by atoms with Crippen LogP contribution in [-0.2, 0) is 0 Å². The van der Waals surface area contributed by atoms with Gasteiger partial charge in [0.25, 0.3) is 5.91 Å². The first kappa shape index (κ1) is 15.9. The molecule has 3 aromatic rings. The second-order valence-electron chi connectivity index (χ2n) is 5.59. The summed E-state index contributed by atoms with van der Waals surface area (Å²) >= 11 is 0. The van der Waals surface area contributed by atoms with E-state index >= 15 is 0 Å². The van der Waals surface area contributed by atoms with Gasteiger partial charge in [-0.1, -0.05) is 18.2 Å². The van der Waals surface area contributed by atoms with Crippen molar-refractivity contribution in [2.45, 2.75) is 0 Å². The smallest absolute Gasteiger partial charge is 0.275 e. The number of nitrogens with one attached hydrogen (secondary N) is 2. The Labute approximate surface area is 150 Å². The average molecular weight is 348 g/mol. The summed E-state index contributed by atoms with van der Waals surface area (Å²) in [5.41, 5.74) is 1.72. The molecule has 2 N–H and O–H groups in total. The summed E-state index contributed by atoms with van der Waals surface area (Å²) in [6.07, 6.45) is 2.95. The minimum atomic E-state index is -0.347. The number of carbonyl (C=O) groups excluding carboxylic acids is 1. The van der Waals surface area contributed by atoms with Gasteiger partial charge in [-0.15, -0.1) is 0 Å². The minimum Gasteiger partial charge on any atom is -0.486 e. The monoisotopic (exact) mass is 348 g/mol. The van der Waals surface area contributed by atoms with Crippen LogP contribution < -0.4 is 20.1 Å². The van der Waals surface area contributed by atoms with Crippen LogP contribution >= 0.6 is 0 Å². The van der Waals surface area contributed by atoms with Crippen LogP contribution in [0.3, 0.4) is 0 Å². The number of aromatic nitrogens is 2. The Balaban J connectivity index is 1.43.